The molecule has 0 unspecified atom stereocenters. The van der Waals surface area contributed by atoms with Gasteiger partial charge in [0, 0.05) is 6.42 Å². The molecular weight excluding hydrogens is 308 g/mol. The molecule has 1 aliphatic heterocycles. The number of aromatic hydroxyl groups is 1. The van der Waals surface area contributed by atoms with Crippen molar-refractivity contribution in [1.29, 1.82) is 0 Å². The van der Waals surface area contributed by atoms with Crippen LogP contribution in [0.1, 0.15) is 66.9 Å². The molecule has 5 heteroatoms. The number of aryl methyl sites for hydroxylation is 2. The summed E-state index contributed by atoms with van der Waals surface area (Å²) in [6.07, 6.45) is 2.60. The molecule has 0 spiro atoms. The number of benzene rings is 1. The lowest BCUT2D eigenvalue weighted by molar-refractivity contribution is -0.127. The van der Waals surface area contributed by atoms with Crippen LogP contribution < -0.4 is 0 Å². The molecule has 1 aromatic carbocycles. The van der Waals surface area contributed by atoms with Crippen LogP contribution in [0, 0.1) is 6.92 Å². The van der Waals surface area contributed by atoms with Gasteiger partial charge in [0.2, 0.25) is 0 Å². The van der Waals surface area contributed by atoms with Gasteiger partial charge in [0.25, 0.3) is 0 Å². The molecule has 5 nitrogen and oxygen atoms in total. The van der Waals surface area contributed by atoms with Crippen LogP contribution in [0.5, 0.6) is 5.75 Å². The van der Waals surface area contributed by atoms with Crippen LogP contribution >= 0.6 is 0 Å². The minimum Gasteiger partial charge on any atom is -0.507 e. The first-order valence-electron chi connectivity index (χ1n) is 8.62. The maximum absolute atomic E-state index is 12.4. The smallest absolute Gasteiger partial charge is 0.342 e. The number of Topliss-reactive ketones (excluding diaryl/α,β-unsaturated/α-hetero) is 1. The lowest BCUT2D eigenvalue weighted by atomic mass is 9.96. The van der Waals surface area contributed by atoms with Gasteiger partial charge in [0.1, 0.15) is 17.4 Å². The third-order valence-corrected chi connectivity index (χ3v) is 4.44. The van der Waals surface area contributed by atoms with Gasteiger partial charge in [0.15, 0.2) is 5.78 Å². The quantitative estimate of drug-likeness (QED) is 0.712. The maximum atomic E-state index is 12.4. The SMILES string of the molecule is Cc1cc(O)c2c(c1)CCCC[C@H](O)C(=O)CCC[C@H](C)OC2=O. The highest BCUT2D eigenvalue weighted by Gasteiger charge is 2.22. The summed E-state index contributed by atoms with van der Waals surface area (Å²) in [6, 6.07) is 3.45. The Kier molecular flexibility index (Phi) is 6.37. The Hall–Kier alpha value is -1.88. The molecule has 0 amide bonds. The summed E-state index contributed by atoms with van der Waals surface area (Å²) in [5.74, 6) is -0.706. The molecule has 2 atom stereocenters. The molecule has 0 fully saturated rings. The van der Waals surface area contributed by atoms with E-state index < -0.39 is 12.1 Å². The number of hydrogen-bond acceptors (Lipinski definition) is 5. The third kappa shape index (κ3) is 4.81. The Morgan fingerprint density at radius 3 is 2.58 bits per heavy atom. The summed E-state index contributed by atoms with van der Waals surface area (Å²) >= 11 is 0. The summed E-state index contributed by atoms with van der Waals surface area (Å²) in [4.78, 5) is 24.3. The summed E-state index contributed by atoms with van der Waals surface area (Å²) in [5, 5.41) is 20.1. The van der Waals surface area contributed by atoms with Gasteiger partial charge < -0.3 is 14.9 Å². The van der Waals surface area contributed by atoms with E-state index in [1.807, 2.05) is 13.0 Å². The van der Waals surface area contributed by atoms with Crippen molar-refractivity contribution < 1.29 is 24.5 Å². The molecule has 2 N–H and O–H groups in total. The molecule has 0 bridgehead atoms. The highest BCUT2D eigenvalue weighted by atomic mass is 16.5. The van der Waals surface area contributed by atoms with E-state index in [0.29, 0.717) is 38.5 Å². The van der Waals surface area contributed by atoms with Crippen LogP contribution in [0.25, 0.3) is 0 Å². The lowest BCUT2D eigenvalue weighted by Crippen LogP contribution is -2.22. The Balaban J connectivity index is 2.25. The summed E-state index contributed by atoms with van der Waals surface area (Å²) in [6.45, 7) is 3.64. The van der Waals surface area contributed by atoms with E-state index in [9.17, 15) is 19.8 Å². The van der Waals surface area contributed by atoms with E-state index in [-0.39, 0.29) is 23.2 Å². The lowest BCUT2D eigenvalue weighted by Gasteiger charge is -2.18. The number of aliphatic hydroxyl groups is 1. The summed E-state index contributed by atoms with van der Waals surface area (Å²) in [5.41, 5.74) is 1.87. The van der Waals surface area contributed by atoms with Gasteiger partial charge in [-0.3, -0.25) is 4.79 Å². The van der Waals surface area contributed by atoms with Crippen LogP contribution in [0.2, 0.25) is 0 Å². The Morgan fingerprint density at radius 2 is 1.83 bits per heavy atom. The minimum absolute atomic E-state index is 0.0514. The van der Waals surface area contributed by atoms with E-state index >= 15 is 0 Å². The topological polar surface area (TPSA) is 83.8 Å². The fraction of sp³-hybridized carbons (Fsp3) is 0.579. The zero-order valence-electron chi connectivity index (χ0n) is 14.4. The summed E-state index contributed by atoms with van der Waals surface area (Å²) in [7, 11) is 0. The van der Waals surface area contributed by atoms with Gasteiger partial charge in [-0.15, -0.1) is 0 Å². The van der Waals surface area contributed by atoms with Crippen molar-refractivity contribution in [2.75, 3.05) is 0 Å². The van der Waals surface area contributed by atoms with Crippen LogP contribution in [0.3, 0.4) is 0 Å². The van der Waals surface area contributed by atoms with Gasteiger partial charge in [0.05, 0.1) is 6.10 Å². The second-order valence-corrected chi connectivity index (χ2v) is 6.65. The van der Waals surface area contributed by atoms with Crippen molar-refractivity contribution in [3.63, 3.8) is 0 Å². The van der Waals surface area contributed by atoms with Gasteiger partial charge in [-0.2, -0.15) is 0 Å². The Morgan fingerprint density at radius 1 is 1.08 bits per heavy atom. The first-order valence-corrected chi connectivity index (χ1v) is 8.62. The predicted molar refractivity (Wildman–Crippen MR) is 90.1 cm³/mol. The van der Waals surface area contributed by atoms with Crippen LogP contribution in [0.15, 0.2) is 12.1 Å². The van der Waals surface area contributed by atoms with E-state index in [4.69, 9.17) is 4.74 Å². The Bertz CT molecular complexity index is 608. The van der Waals surface area contributed by atoms with Crippen molar-refractivity contribution in [1.82, 2.24) is 0 Å². The van der Waals surface area contributed by atoms with Gasteiger partial charge in [-0.05, 0) is 63.1 Å². The number of hydrogen-bond donors (Lipinski definition) is 2. The predicted octanol–water partition coefficient (Wildman–Crippen LogP) is 3.07. The van der Waals surface area contributed by atoms with Crippen molar-refractivity contribution in [3.05, 3.63) is 28.8 Å². The fourth-order valence-electron chi connectivity index (χ4n) is 3.12. The number of rotatable bonds is 0. The molecular formula is C19H26O5. The van der Waals surface area contributed by atoms with E-state index in [1.54, 1.807) is 13.0 Å². The van der Waals surface area contributed by atoms with E-state index in [0.717, 1.165) is 17.5 Å². The number of esters is 1. The zero-order valence-corrected chi connectivity index (χ0v) is 14.4. The second-order valence-electron chi connectivity index (χ2n) is 6.65. The fourth-order valence-corrected chi connectivity index (χ4v) is 3.12. The second kappa shape index (κ2) is 8.29. The molecule has 1 aliphatic rings. The summed E-state index contributed by atoms with van der Waals surface area (Å²) < 4.78 is 5.43. The number of carbonyl (C=O) groups excluding carboxylic acids is 2. The molecule has 2 rings (SSSR count). The first kappa shape index (κ1) is 18.5. The first-order chi connectivity index (χ1) is 11.4. The number of fused-ring (bicyclic) bond motifs is 1. The van der Waals surface area contributed by atoms with E-state index in [1.165, 1.54) is 0 Å². The number of cyclic esters (lactones) is 1. The van der Waals surface area contributed by atoms with Crippen molar-refractivity contribution >= 4 is 11.8 Å². The standard InChI is InChI=1S/C19H26O5/c1-12-10-14-7-3-4-8-15(20)16(21)9-5-6-13(2)24-19(23)18(14)17(22)11-12/h10-11,13,15,20,22H,3-9H2,1-2H3/t13-,15-/m0/s1. The molecule has 0 saturated carbocycles. The maximum Gasteiger partial charge on any atom is 0.342 e. The van der Waals surface area contributed by atoms with Gasteiger partial charge in [-0.25, -0.2) is 4.79 Å². The number of ketones is 1. The van der Waals surface area contributed by atoms with Crippen molar-refractivity contribution in [2.45, 2.75) is 71.0 Å². The molecule has 0 saturated heterocycles. The average molecular weight is 334 g/mol. The van der Waals surface area contributed by atoms with Gasteiger partial charge >= 0.3 is 5.97 Å². The van der Waals surface area contributed by atoms with Crippen LogP contribution in [0.4, 0.5) is 0 Å². The number of phenolic OH excluding ortho intramolecular Hbond substituents is 1. The average Bonchev–Trinajstić information content (AvgIpc) is 2.49. The van der Waals surface area contributed by atoms with Crippen LogP contribution in [-0.4, -0.2) is 34.2 Å². The number of aliphatic hydroxyl groups excluding tert-OH is 1. The largest absolute Gasteiger partial charge is 0.507 e. The highest BCUT2D eigenvalue weighted by molar-refractivity contribution is 5.94. The molecule has 132 valence electrons. The normalized spacial score (nSPS) is 24.0. The molecule has 1 aromatic rings. The van der Waals surface area contributed by atoms with Crippen molar-refractivity contribution in [2.24, 2.45) is 0 Å². The zero-order chi connectivity index (χ0) is 17.7. The van der Waals surface area contributed by atoms with Crippen molar-refractivity contribution in [3.8, 4) is 5.75 Å². The van der Waals surface area contributed by atoms with Crippen LogP contribution in [-0.2, 0) is 16.0 Å². The number of carbonyl (C=O) groups is 2. The van der Waals surface area contributed by atoms with E-state index in [2.05, 4.69) is 0 Å². The Labute approximate surface area is 142 Å². The third-order valence-electron chi connectivity index (χ3n) is 4.44. The molecule has 0 radical (unpaired) electrons. The molecule has 1 heterocycles. The van der Waals surface area contributed by atoms with Gasteiger partial charge in [-0.1, -0.05) is 12.5 Å². The minimum atomic E-state index is -0.906. The number of ether oxygens (including phenoxy) is 1. The number of phenols is 1. The molecule has 24 heavy (non-hydrogen) atoms. The monoisotopic (exact) mass is 334 g/mol. The molecule has 0 aliphatic carbocycles. The molecule has 0 aromatic heterocycles. The highest BCUT2D eigenvalue weighted by Crippen LogP contribution is 2.27.